The molecule has 0 aromatic heterocycles. The number of piperazine rings is 1. The molecule has 5 rings (SSSR count). The topological polar surface area (TPSA) is 76.4 Å². The maximum absolute atomic E-state index is 13.2. The van der Waals surface area contributed by atoms with Gasteiger partial charge in [0.25, 0.3) is 5.91 Å². The molecule has 3 aliphatic rings. The van der Waals surface area contributed by atoms with Crippen LogP contribution in [0, 0.1) is 0 Å². The summed E-state index contributed by atoms with van der Waals surface area (Å²) in [5.74, 6) is -0.653. The van der Waals surface area contributed by atoms with E-state index in [9.17, 15) is 15.0 Å². The third kappa shape index (κ3) is 3.13. The highest BCUT2D eigenvalue weighted by Gasteiger charge is 2.46. The van der Waals surface area contributed by atoms with Crippen LogP contribution in [0.3, 0.4) is 0 Å². The Kier molecular flexibility index (Phi) is 4.82. The predicted molar refractivity (Wildman–Crippen MR) is 119 cm³/mol. The summed E-state index contributed by atoms with van der Waals surface area (Å²) < 4.78 is 0. The van der Waals surface area contributed by atoms with Gasteiger partial charge in [-0.15, -0.1) is 0 Å². The number of hydrogen-bond donors (Lipinski definition) is 2. The van der Waals surface area contributed by atoms with Crippen LogP contribution in [0.1, 0.15) is 42.0 Å². The zero-order valence-electron chi connectivity index (χ0n) is 17.8. The molecule has 2 aromatic carbocycles. The second kappa shape index (κ2) is 7.54. The van der Waals surface area contributed by atoms with Crippen LogP contribution in [-0.4, -0.2) is 57.0 Å². The van der Waals surface area contributed by atoms with Crippen LogP contribution in [0.15, 0.2) is 65.1 Å². The van der Waals surface area contributed by atoms with Crippen LogP contribution in [0.5, 0.6) is 0 Å². The molecule has 31 heavy (non-hydrogen) atoms. The third-order valence-corrected chi connectivity index (χ3v) is 6.70. The van der Waals surface area contributed by atoms with Crippen molar-refractivity contribution in [3.8, 4) is 0 Å². The molecule has 2 heterocycles. The first-order chi connectivity index (χ1) is 15.0. The molecule has 0 radical (unpaired) electrons. The van der Waals surface area contributed by atoms with Gasteiger partial charge in [0.05, 0.1) is 12.3 Å². The van der Waals surface area contributed by atoms with Crippen molar-refractivity contribution in [1.82, 2.24) is 9.91 Å². The fourth-order valence-corrected chi connectivity index (χ4v) is 5.15. The van der Waals surface area contributed by atoms with E-state index in [1.54, 1.807) is 9.91 Å². The van der Waals surface area contributed by atoms with Gasteiger partial charge in [0.1, 0.15) is 6.10 Å². The quantitative estimate of drug-likeness (QED) is 0.788. The molecule has 6 heteroatoms. The zero-order valence-corrected chi connectivity index (χ0v) is 17.8. The normalized spacial score (nSPS) is 23.5. The van der Waals surface area contributed by atoms with Crippen LogP contribution in [0.2, 0.25) is 0 Å². The number of aliphatic hydroxyl groups is 2. The molecular weight excluding hydrogens is 390 g/mol. The number of carbonyl (C=O) groups excluding carboxylic acids is 1. The van der Waals surface area contributed by atoms with Gasteiger partial charge in [-0.05, 0) is 48.9 Å². The minimum atomic E-state index is -1.27. The van der Waals surface area contributed by atoms with Crippen LogP contribution >= 0.6 is 0 Å². The van der Waals surface area contributed by atoms with E-state index in [0.29, 0.717) is 6.54 Å². The first kappa shape index (κ1) is 19.8. The summed E-state index contributed by atoms with van der Waals surface area (Å²) in [6, 6.07) is 16.7. The minimum absolute atomic E-state index is 0.0283. The Labute approximate surface area is 182 Å². The van der Waals surface area contributed by atoms with Crippen molar-refractivity contribution in [1.29, 1.82) is 0 Å². The molecule has 160 valence electrons. The van der Waals surface area contributed by atoms with E-state index in [-0.39, 0.29) is 35.4 Å². The number of aliphatic hydroxyl groups excluding tert-OH is 2. The van der Waals surface area contributed by atoms with Gasteiger partial charge in [-0.2, -0.15) is 5.10 Å². The molecule has 1 fully saturated rings. The van der Waals surface area contributed by atoms with Crippen molar-refractivity contribution < 1.29 is 15.0 Å². The summed E-state index contributed by atoms with van der Waals surface area (Å²) in [5.41, 5.74) is 5.14. The summed E-state index contributed by atoms with van der Waals surface area (Å²) in [4.78, 5) is 15.0. The fraction of sp³-hybridized carbons (Fsp3) is 0.360. The molecule has 2 atom stereocenters. The maximum Gasteiger partial charge on any atom is 0.276 e. The Morgan fingerprint density at radius 1 is 1.00 bits per heavy atom. The largest absolute Gasteiger partial charge is 0.507 e. The highest BCUT2D eigenvalue weighted by atomic mass is 16.3. The molecule has 2 aromatic rings. The van der Waals surface area contributed by atoms with Gasteiger partial charge in [0.2, 0.25) is 0 Å². The van der Waals surface area contributed by atoms with E-state index < -0.39 is 6.10 Å². The number of amides is 1. The van der Waals surface area contributed by atoms with Gasteiger partial charge in [-0.1, -0.05) is 48.5 Å². The van der Waals surface area contributed by atoms with E-state index >= 15 is 0 Å². The molecule has 0 saturated carbocycles. The number of aryl methyl sites for hydroxylation is 2. The van der Waals surface area contributed by atoms with E-state index in [4.69, 9.17) is 0 Å². The summed E-state index contributed by atoms with van der Waals surface area (Å²) in [6.45, 7) is 4.42. The van der Waals surface area contributed by atoms with E-state index in [0.717, 1.165) is 12.8 Å². The van der Waals surface area contributed by atoms with Crippen molar-refractivity contribution >= 4 is 12.1 Å². The zero-order chi connectivity index (χ0) is 21.7. The SMILES string of the molecule is CC(C)N1CC(C2c3ccccc3CCc3ccccc32)N2N=CC(O)C(O)=C2C1=O. The highest BCUT2D eigenvalue weighted by molar-refractivity contribution is 5.96. The lowest BCUT2D eigenvalue weighted by Gasteiger charge is -2.47. The van der Waals surface area contributed by atoms with Crippen molar-refractivity contribution in [2.45, 2.75) is 50.8 Å². The molecule has 1 aliphatic carbocycles. The van der Waals surface area contributed by atoms with Crippen LogP contribution < -0.4 is 0 Å². The number of benzene rings is 2. The van der Waals surface area contributed by atoms with Crippen molar-refractivity contribution in [2.24, 2.45) is 5.10 Å². The molecule has 2 N–H and O–H groups in total. The Morgan fingerprint density at radius 2 is 1.58 bits per heavy atom. The van der Waals surface area contributed by atoms with Crippen LogP contribution in [0.4, 0.5) is 0 Å². The number of carbonyl (C=O) groups is 1. The third-order valence-electron chi connectivity index (χ3n) is 6.70. The van der Waals surface area contributed by atoms with Gasteiger partial charge >= 0.3 is 0 Å². The summed E-state index contributed by atoms with van der Waals surface area (Å²) in [7, 11) is 0. The first-order valence-corrected chi connectivity index (χ1v) is 10.9. The Hall–Kier alpha value is -3.12. The van der Waals surface area contributed by atoms with Gasteiger partial charge in [-0.25, -0.2) is 0 Å². The van der Waals surface area contributed by atoms with Crippen molar-refractivity contribution in [2.75, 3.05) is 6.54 Å². The highest BCUT2D eigenvalue weighted by Crippen LogP contribution is 2.42. The van der Waals surface area contributed by atoms with Gasteiger partial charge in [0, 0.05) is 18.5 Å². The molecule has 1 saturated heterocycles. The summed E-state index contributed by atoms with van der Waals surface area (Å²) in [6.07, 6.45) is 1.95. The molecule has 2 unspecified atom stereocenters. The predicted octanol–water partition coefficient (Wildman–Crippen LogP) is 2.97. The number of nitrogens with zero attached hydrogens (tertiary/aromatic N) is 3. The second-order valence-corrected chi connectivity index (χ2v) is 8.78. The second-order valence-electron chi connectivity index (χ2n) is 8.78. The minimum Gasteiger partial charge on any atom is -0.507 e. The van der Waals surface area contributed by atoms with Crippen LogP contribution in [0.25, 0.3) is 0 Å². The van der Waals surface area contributed by atoms with E-state index in [2.05, 4.69) is 53.6 Å². The lowest BCUT2D eigenvalue weighted by molar-refractivity contribution is -0.136. The Bertz CT molecular complexity index is 1040. The number of hydrogen-bond acceptors (Lipinski definition) is 5. The summed E-state index contributed by atoms with van der Waals surface area (Å²) >= 11 is 0. The van der Waals surface area contributed by atoms with Gasteiger partial charge in [-0.3, -0.25) is 9.80 Å². The smallest absolute Gasteiger partial charge is 0.276 e. The fourth-order valence-electron chi connectivity index (χ4n) is 5.15. The average Bonchev–Trinajstić information content (AvgIpc) is 2.93. The van der Waals surface area contributed by atoms with Gasteiger partial charge < -0.3 is 15.1 Å². The maximum atomic E-state index is 13.2. The molecule has 2 aliphatic heterocycles. The Morgan fingerprint density at radius 3 is 2.16 bits per heavy atom. The molecule has 0 bridgehead atoms. The van der Waals surface area contributed by atoms with Crippen molar-refractivity contribution in [3.63, 3.8) is 0 Å². The lowest BCUT2D eigenvalue weighted by Crippen LogP contribution is -2.58. The monoisotopic (exact) mass is 417 g/mol. The van der Waals surface area contributed by atoms with Gasteiger partial charge in [0.15, 0.2) is 11.5 Å². The van der Waals surface area contributed by atoms with Crippen molar-refractivity contribution in [3.05, 3.63) is 82.2 Å². The number of hydrazone groups is 1. The van der Waals surface area contributed by atoms with E-state index in [1.807, 2.05) is 13.8 Å². The van der Waals surface area contributed by atoms with E-state index in [1.165, 1.54) is 28.5 Å². The standard InChI is InChI=1S/C25H27N3O3/c1-15(2)27-14-20(28-23(25(27)31)24(30)21(29)13-26-28)22-18-9-5-3-7-16(18)11-12-17-8-4-6-10-19(17)22/h3-10,13,15,20-22,29-30H,11-12,14H2,1-2H3. The number of rotatable bonds is 2. The summed E-state index contributed by atoms with van der Waals surface area (Å²) in [5, 5.41) is 26.9. The Balaban J connectivity index is 1.72. The molecule has 0 spiro atoms. The average molecular weight is 418 g/mol. The lowest BCUT2D eigenvalue weighted by atomic mass is 9.80. The van der Waals surface area contributed by atoms with Crippen LogP contribution in [-0.2, 0) is 17.6 Å². The molecule has 6 nitrogen and oxygen atoms in total. The molecule has 1 amide bonds. The molecular formula is C25H27N3O3. The number of fused-ring (bicyclic) bond motifs is 3. The first-order valence-electron chi connectivity index (χ1n) is 10.9.